The van der Waals surface area contributed by atoms with Crippen molar-refractivity contribution in [3.05, 3.63) is 0 Å². The highest BCUT2D eigenvalue weighted by molar-refractivity contribution is 5.04. The highest BCUT2D eigenvalue weighted by Gasteiger charge is 2.47. The maximum atomic E-state index is 5.69. The van der Waals surface area contributed by atoms with E-state index in [9.17, 15) is 0 Å². The van der Waals surface area contributed by atoms with Gasteiger partial charge in [0, 0.05) is 18.1 Å². The number of nitrogens with one attached hydrogen (secondary N) is 1. The molecule has 0 aliphatic heterocycles. The second-order valence-electron chi connectivity index (χ2n) is 4.84. The molecule has 1 unspecified atom stereocenters. The van der Waals surface area contributed by atoms with Crippen LogP contribution in [0.2, 0.25) is 0 Å². The van der Waals surface area contributed by atoms with Gasteiger partial charge in [0.15, 0.2) is 0 Å². The predicted octanol–water partition coefficient (Wildman–Crippen LogP) is 0.864. The topological polar surface area (TPSA) is 38.0 Å². The van der Waals surface area contributed by atoms with Crippen LogP contribution in [0.4, 0.5) is 0 Å². The third-order valence-corrected chi connectivity index (χ3v) is 3.12. The van der Waals surface area contributed by atoms with Crippen LogP contribution in [0, 0.1) is 5.41 Å². The summed E-state index contributed by atoms with van der Waals surface area (Å²) < 4.78 is 0. The van der Waals surface area contributed by atoms with Gasteiger partial charge in [-0.05, 0) is 24.7 Å². The van der Waals surface area contributed by atoms with Crippen molar-refractivity contribution in [3.63, 3.8) is 0 Å². The fourth-order valence-electron chi connectivity index (χ4n) is 1.83. The molecule has 0 radical (unpaired) electrons. The molecule has 0 heterocycles. The summed E-state index contributed by atoms with van der Waals surface area (Å²) in [6, 6.07) is 1.99. The molecule has 0 saturated heterocycles. The van der Waals surface area contributed by atoms with Gasteiger partial charge >= 0.3 is 0 Å². The summed E-state index contributed by atoms with van der Waals surface area (Å²) in [5, 5.41) is 3.63. The Kier molecular flexibility index (Phi) is 1.52. The lowest BCUT2D eigenvalue weighted by Crippen LogP contribution is -2.49. The van der Waals surface area contributed by atoms with E-state index >= 15 is 0 Å². The Morgan fingerprint density at radius 3 is 2.27 bits per heavy atom. The second kappa shape index (κ2) is 2.20. The molecule has 0 spiro atoms. The van der Waals surface area contributed by atoms with E-state index in [4.69, 9.17) is 5.73 Å². The minimum absolute atomic E-state index is 0.481. The molecular formula is C9H18N2. The molecule has 0 bridgehead atoms. The molecule has 0 aromatic carbocycles. The van der Waals surface area contributed by atoms with E-state index in [-0.39, 0.29) is 0 Å². The zero-order chi connectivity index (χ0) is 8.06. The highest BCUT2D eigenvalue weighted by Crippen LogP contribution is 2.45. The molecule has 1 atom stereocenters. The van der Waals surface area contributed by atoms with Gasteiger partial charge in [-0.1, -0.05) is 13.8 Å². The van der Waals surface area contributed by atoms with Crippen LogP contribution in [0.5, 0.6) is 0 Å². The largest absolute Gasteiger partial charge is 0.328 e. The van der Waals surface area contributed by atoms with Crippen molar-refractivity contribution >= 4 is 0 Å². The molecule has 2 aliphatic rings. The molecule has 0 aromatic rings. The van der Waals surface area contributed by atoms with E-state index in [0.29, 0.717) is 11.5 Å². The van der Waals surface area contributed by atoms with Crippen LogP contribution in [0.15, 0.2) is 0 Å². The van der Waals surface area contributed by atoms with Crippen molar-refractivity contribution in [2.75, 3.05) is 0 Å². The molecule has 2 fully saturated rings. The Morgan fingerprint density at radius 2 is 1.91 bits per heavy atom. The molecule has 0 amide bonds. The summed E-state index contributed by atoms with van der Waals surface area (Å²) in [7, 11) is 0. The van der Waals surface area contributed by atoms with Gasteiger partial charge in [-0.3, -0.25) is 0 Å². The lowest BCUT2D eigenvalue weighted by atomic mass is 9.87. The van der Waals surface area contributed by atoms with Gasteiger partial charge in [-0.25, -0.2) is 0 Å². The quantitative estimate of drug-likeness (QED) is 0.619. The Morgan fingerprint density at radius 1 is 1.36 bits per heavy atom. The minimum Gasteiger partial charge on any atom is -0.328 e. The maximum absolute atomic E-state index is 5.69. The molecular weight excluding hydrogens is 136 g/mol. The Balaban J connectivity index is 1.69. The van der Waals surface area contributed by atoms with E-state index in [1.807, 2.05) is 0 Å². The standard InChI is InChI=1S/C9H18N2/c1-9(2)5-8(9)11-7-3-6(10)4-7/h6-8,11H,3-5,10H2,1-2H3. The maximum Gasteiger partial charge on any atom is 0.0127 e. The second-order valence-corrected chi connectivity index (χ2v) is 4.84. The van der Waals surface area contributed by atoms with Crippen LogP contribution in [0.1, 0.15) is 33.1 Å². The van der Waals surface area contributed by atoms with Crippen LogP contribution in [-0.2, 0) is 0 Å². The van der Waals surface area contributed by atoms with Crippen molar-refractivity contribution in [2.45, 2.75) is 51.2 Å². The summed E-state index contributed by atoms with van der Waals surface area (Å²) in [6.45, 7) is 4.65. The van der Waals surface area contributed by atoms with Gasteiger partial charge in [0.1, 0.15) is 0 Å². The van der Waals surface area contributed by atoms with E-state index in [1.54, 1.807) is 0 Å². The van der Waals surface area contributed by atoms with Crippen molar-refractivity contribution in [1.82, 2.24) is 5.32 Å². The van der Waals surface area contributed by atoms with Crippen LogP contribution >= 0.6 is 0 Å². The van der Waals surface area contributed by atoms with Gasteiger partial charge in [0.25, 0.3) is 0 Å². The number of hydrogen-bond donors (Lipinski definition) is 2. The van der Waals surface area contributed by atoms with Gasteiger partial charge in [0.05, 0.1) is 0 Å². The van der Waals surface area contributed by atoms with E-state index in [0.717, 1.165) is 12.1 Å². The van der Waals surface area contributed by atoms with Crippen LogP contribution in [0.25, 0.3) is 0 Å². The monoisotopic (exact) mass is 154 g/mol. The third kappa shape index (κ3) is 1.42. The molecule has 2 rings (SSSR count). The normalized spacial score (nSPS) is 46.6. The third-order valence-electron chi connectivity index (χ3n) is 3.12. The minimum atomic E-state index is 0.481. The molecule has 2 nitrogen and oxygen atoms in total. The van der Waals surface area contributed by atoms with Gasteiger partial charge in [-0.15, -0.1) is 0 Å². The highest BCUT2D eigenvalue weighted by atomic mass is 15.0. The van der Waals surface area contributed by atoms with Crippen molar-refractivity contribution in [1.29, 1.82) is 0 Å². The fourth-order valence-corrected chi connectivity index (χ4v) is 1.83. The molecule has 3 N–H and O–H groups in total. The first-order chi connectivity index (χ1) is 5.08. The summed E-state index contributed by atoms with van der Waals surface area (Å²) in [6.07, 6.45) is 3.72. The zero-order valence-electron chi connectivity index (χ0n) is 7.43. The zero-order valence-corrected chi connectivity index (χ0v) is 7.43. The van der Waals surface area contributed by atoms with E-state index in [2.05, 4.69) is 19.2 Å². The lowest BCUT2D eigenvalue weighted by Gasteiger charge is -2.33. The molecule has 2 heteroatoms. The Hall–Kier alpha value is -0.0800. The summed E-state index contributed by atoms with van der Waals surface area (Å²) in [4.78, 5) is 0. The van der Waals surface area contributed by atoms with Gasteiger partial charge in [0.2, 0.25) is 0 Å². The van der Waals surface area contributed by atoms with Crippen molar-refractivity contribution < 1.29 is 0 Å². The Bertz CT molecular complexity index is 159. The molecule has 2 saturated carbocycles. The van der Waals surface area contributed by atoms with Crippen LogP contribution in [0.3, 0.4) is 0 Å². The fraction of sp³-hybridized carbons (Fsp3) is 1.00. The first kappa shape index (κ1) is 7.56. The van der Waals surface area contributed by atoms with E-state index in [1.165, 1.54) is 19.3 Å². The first-order valence-electron chi connectivity index (χ1n) is 4.59. The van der Waals surface area contributed by atoms with Crippen LogP contribution in [-0.4, -0.2) is 18.1 Å². The average molecular weight is 154 g/mol. The van der Waals surface area contributed by atoms with Gasteiger partial charge < -0.3 is 11.1 Å². The van der Waals surface area contributed by atoms with Crippen molar-refractivity contribution in [3.8, 4) is 0 Å². The smallest absolute Gasteiger partial charge is 0.0127 e. The number of hydrogen-bond acceptors (Lipinski definition) is 2. The predicted molar refractivity (Wildman–Crippen MR) is 46.3 cm³/mol. The number of rotatable bonds is 2. The first-order valence-corrected chi connectivity index (χ1v) is 4.59. The molecule has 11 heavy (non-hydrogen) atoms. The molecule has 64 valence electrons. The van der Waals surface area contributed by atoms with E-state index < -0.39 is 0 Å². The average Bonchev–Trinajstić information content (AvgIpc) is 2.36. The summed E-state index contributed by atoms with van der Waals surface area (Å²) in [5.74, 6) is 0. The SMILES string of the molecule is CC1(C)CC1NC1CC(N)C1. The van der Waals surface area contributed by atoms with Crippen LogP contribution < -0.4 is 11.1 Å². The molecule has 2 aliphatic carbocycles. The Labute approximate surface area is 68.5 Å². The molecule has 0 aromatic heterocycles. The lowest BCUT2D eigenvalue weighted by molar-refractivity contribution is 0.280. The summed E-state index contributed by atoms with van der Waals surface area (Å²) in [5.41, 5.74) is 6.26. The van der Waals surface area contributed by atoms with Gasteiger partial charge in [-0.2, -0.15) is 0 Å². The number of nitrogens with two attached hydrogens (primary N) is 1. The summed E-state index contributed by atoms with van der Waals surface area (Å²) >= 11 is 0. The van der Waals surface area contributed by atoms with Crippen molar-refractivity contribution in [2.24, 2.45) is 11.1 Å².